The Morgan fingerprint density at radius 1 is 0.879 bits per heavy atom. The number of nitro groups is 1. The Morgan fingerprint density at radius 3 is 1.97 bits per heavy atom. The van der Waals surface area contributed by atoms with Gasteiger partial charge in [-0.2, -0.15) is 0 Å². The maximum Gasteiger partial charge on any atom is 0.509 e. The Bertz CT molecular complexity index is 1060. The van der Waals surface area contributed by atoms with Crippen LogP contribution in [0.15, 0.2) is 78.9 Å². The van der Waals surface area contributed by atoms with E-state index in [4.69, 9.17) is 16.3 Å². The van der Waals surface area contributed by atoms with E-state index in [0.29, 0.717) is 24.1 Å². The predicted molar refractivity (Wildman–Crippen MR) is 127 cm³/mol. The number of ether oxygens (including phenoxy) is 2. The normalized spacial score (nSPS) is 12.5. The van der Waals surface area contributed by atoms with E-state index < -0.39 is 11.1 Å². The van der Waals surface area contributed by atoms with Gasteiger partial charge >= 0.3 is 6.16 Å². The van der Waals surface area contributed by atoms with Crippen LogP contribution >= 0.6 is 11.6 Å². The lowest BCUT2D eigenvalue weighted by atomic mass is 10.0. The van der Waals surface area contributed by atoms with Crippen molar-refractivity contribution < 1.29 is 23.7 Å². The average molecular weight is 470 g/mol. The highest BCUT2D eigenvalue weighted by Crippen LogP contribution is 2.23. The van der Waals surface area contributed by atoms with E-state index in [-0.39, 0.29) is 18.4 Å². The van der Waals surface area contributed by atoms with Crippen molar-refractivity contribution in [3.8, 4) is 11.1 Å². The molecule has 0 heterocycles. The molecule has 3 aromatic carbocycles. The fourth-order valence-corrected chi connectivity index (χ4v) is 3.78. The number of carbonyl (C=O) groups is 1. The molecule has 0 amide bonds. The predicted octanol–water partition coefficient (Wildman–Crippen LogP) is 5.76. The summed E-state index contributed by atoms with van der Waals surface area (Å²) >= 11 is 5.40. The van der Waals surface area contributed by atoms with Gasteiger partial charge in [0.1, 0.15) is 26.2 Å². The summed E-state index contributed by atoms with van der Waals surface area (Å²) in [5, 5.41) is 11.0. The lowest BCUT2D eigenvalue weighted by molar-refractivity contribution is -0.935. The second-order valence-corrected chi connectivity index (χ2v) is 8.22. The van der Waals surface area contributed by atoms with Crippen LogP contribution < -0.4 is 0 Å². The van der Waals surface area contributed by atoms with Crippen LogP contribution in [0.1, 0.15) is 11.1 Å². The Labute approximate surface area is 197 Å². The molecule has 0 saturated heterocycles. The molecule has 0 spiro atoms. The highest BCUT2D eigenvalue weighted by molar-refractivity contribution is 6.17. The lowest BCUT2D eigenvalue weighted by Gasteiger charge is -2.34. The molecular formula is C25H26ClN2O5+. The molecule has 0 aromatic heterocycles. The summed E-state index contributed by atoms with van der Waals surface area (Å²) in [4.78, 5) is 22.1. The van der Waals surface area contributed by atoms with Crippen molar-refractivity contribution in [3.63, 3.8) is 0 Å². The summed E-state index contributed by atoms with van der Waals surface area (Å²) in [6.45, 7) is 1.96. The SMILES string of the molecule is C[N+](CCOC(=O)OCCl)(Cc1ccc(-c2ccccc2)cc1)Cc1ccc([N+](=O)[O-])cc1. The fraction of sp³-hybridized carbons (Fsp3) is 0.240. The van der Waals surface area contributed by atoms with Gasteiger partial charge in [-0.3, -0.25) is 10.1 Å². The van der Waals surface area contributed by atoms with Crippen LogP contribution in [-0.2, 0) is 22.6 Å². The Balaban J connectivity index is 1.75. The molecule has 0 aliphatic carbocycles. The van der Waals surface area contributed by atoms with Crippen molar-refractivity contribution >= 4 is 23.4 Å². The minimum atomic E-state index is -0.806. The molecule has 0 aliphatic rings. The number of hydrogen-bond acceptors (Lipinski definition) is 5. The number of nitrogens with zero attached hydrogens (tertiary/aromatic N) is 2. The third-order valence-corrected chi connectivity index (χ3v) is 5.47. The number of rotatable bonds is 10. The number of non-ortho nitro benzene ring substituents is 1. The smallest absolute Gasteiger partial charge is 0.428 e. The maximum absolute atomic E-state index is 11.5. The number of likely N-dealkylation sites (N-methyl/N-ethyl adjacent to an activating group) is 1. The molecule has 8 heteroatoms. The van der Waals surface area contributed by atoms with E-state index in [2.05, 4.69) is 48.2 Å². The van der Waals surface area contributed by atoms with Crippen LogP contribution in [0.4, 0.5) is 10.5 Å². The molecule has 0 N–H and O–H groups in total. The molecule has 1 atom stereocenters. The minimum Gasteiger partial charge on any atom is -0.428 e. The number of nitro benzene ring substituents is 1. The first-order chi connectivity index (χ1) is 15.9. The number of carbonyl (C=O) groups excluding carboxylic acids is 1. The van der Waals surface area contributed by atoms with E-state index in [0.717, 1.165) is 22.3 Å². The standard InChI is InChI=1S/C25H26ClN2O5/c1-28(15-16-32-25(29)33-19-26,18-21-9-13-24(14-10-21)27(30)31)17-20-7-11-23(12-8-20)22-5-3-2-4-6-22/h2-14H,15-19H2,1H3/q+1. The first-order valence-corrected chi connectivity index (χ1v) is 11.0. The zero-order valence-corrected chi connectivity index (χ0v) is 19.1. The van der Waals surface area contributed by atoms with Crippen LogP contribution in [0, 0.1) is 10.1 Å². The molecule has 172 valence electrons. The molecular weight excluding hydrogens is 444 g/mol. The van der Waals surface area contributed by atoms with Gasteiger partial charge in [0, 0.05) is 23.3 Å². The van der Waals surface area contributed by atoms with E-state index in [1.807, 2.05) is 18.2 Å². The molecule has 0 aliphatic heterocycles. The Hall–Kier alpha value is -3.42. The van der Waals surface area contributed by atoms with Gasteiger partial charge in [-0.05, 0) is 23.3 Å². The van der Waals surface area contributed by atoms with Gasteiger partial charge in [0.15, 0.2) is 6.07 Å². The number of benzene rings is 3. The first kappa shape index (κ1) is 24.2. The highest BCUT2D eigenvalue weighted by atomic mass is 35.5. The number of hydrogen-bond donors (Lipinski definition) is 0. The van der Waals surface area contributed by atoms with Crippen molar-refractivity contribution in [3.05, 3.63) is 100 Å². The van der Waals surface area contributed by atoms with Gasteiger partial charge in [0.2, 0.25) is 0 Å². The number of quaternary nitrogens is 1. The Morgan fingerprint density at radius 2 is 1.42 bits per heavy atom. The second-order valence-electron chi connectivity index (χ2n) is 8.00. The van der Waals surface area contributed by atoms with E-state index >= 15 is 0 Å². The summed E-state index contributed by atoms with van der Waals surface area (Å²) in [6.07, 6.45) is -0.806. The average Bonchev–Trinajstić information content (AvgIpc) is 2.80. The van der Waals surface area contributed by atoms with Crippen molar-refractivity contribution in [2.75, 3.05) is 26.3 Å². The zero-order valence-electron chi connectivity index (χ0n) is 18.4. The summed E-state index contributed by atoms with van der Waals surface area (Å²) in [5.41, 5.74) is 4.42. The van der Waals surface area contributed by atoms with Crippen molar-refractivity contribution in [1.29, 1.82) is 0 Å². The zero-order chi connectivity index (χ0) is 23.7. The first-order valence-electron chi connectivity index (χ1n) is 10.5. The largest absolute Gasteiger partial charge is 0.509 e. The van der Waals surface area contributed by atoms with Crippen LogP contribution in [0.3, 0.4) is 0 Å². The van der Waals surface area contributed by atoms with Crippen molar-refractivity contribution in [2.45, 2.75) is 13.1 Å². The third-order valence-electron chi connectivity index (χ3n) is 5.36. The van der Waals surface area contributed by atoms with Gasteiger partial charge in [-0.1, -0.05) is 66.2 Å². The van der Waals surface area contributed by atoms with Gasteiger partial charge < -0.3 is 14.0 Å². The summed E-state index contributed by atoms with van der Waals surface area (Å²) in [7, 11) is 2.06. The van der Waals surface area contributed by atoms with Gasteiger partial charge in [-0.25, -0.2) is 4.79 Å². The molecule has 0 saturated carbocycles. The lowest BCUT2D eigenvalue weighted by Crippen LogP contribution is -2.45. The van der Waals surface area contributed by atoms with Gasteiger partial charge in [-0.15, -0.1) is 0 Å². The van der Waals surface area contributed by atoms with Crippen molar-refractivity contribution in [1.82, 2.24) is 0 Å². The quantitative estimate of drug-likeness (QED) is 0.124. The molecule has 0 fully saturated rings. The van der Waals surface area contributed by atoms with Crippen LogP contribution in [0.25, 0.3) is 11.1 Å². The Kier molecular flexibility index (Phi) is 8.40. The molecule has 7 nitrogen and oxygen atoms in total. The monoisotopic (exact) mass is 469 g/mol. The number of halogens is 1. The van der Waals surface area contributed by atoms with E-state index in [1.165, 1.54) is 12.1 Å². The molecule has 0 bridgehead atoms. The second kappa shape index (κ2) is 11.4. The molecule has 33 heavy (non-hydrogen) atoms. The van der Waals surface area contributed by atoms with Gasteiger partial charge in [0.05, 0.1) is 12.0 Å². The van der Waals surface area contributed by atoms with E-state index in [9.17, 15) is 14.9 Å². The van der Waals surface area contributed by atoms with E-state index in [1.54, 1.807) is 12.1 Å². The van der Waals surface area contributed by atoms with Gasteiger partial charge in [0.25, 0.3) is 5.69 Å². The molecule has 1 unspecified atom stereocenters. The third kappa shape index (κ3) is 7.30. The minimum absolute atomic E-state index is 0.0524. The summed E-state index contributed by atoms with van der Waals surface area (Å²) < 4.78 is 10.3. The van der Waals surface area contributed by atoms with Crippen LogP contribution in [0.2, 0.25) is 0 Å². The van der Waals surface area contributed by atoms with Crippen LogP contribution in [-0.4, -0.2) is 41.8 Å². The molecule has 0 radical (unpaired) electrons. The van der Waals surface area contributed by atoms with Crippen LogP contribution in [0.5, 0.6) is 0 Å². The highest BCUT2D eigenvalue weighted by Gasteiger charge is 2.24. The summed E-state index contributed by atoms with van der Waals surface area (Å²) in [5.74, 6) is 0. The van der Waals surface area contributed by atoms with Crippen molar-refractivity contribution in [2.24, 2.45) is 0 Å². The maximum atomic E-state index is 11.5. The number of alkyl halides is 1. The molecule has 3 rings (SSSR count). The summed E-state index contributed by atoms with van der Waals surface area (Å²) in [6, 6.07) is 24.8. The topological polar surface area (TPSA) is 78.7 Å². The molecule has 3 aromatic rings. The fourth-order valence-electron chi connectivity index (χ4n) is 3.69.